The van der Waals surface area contributed by atoms with Crippen molar-refractivity contribution >= 4 is 35.0 Å². The highest BCUT2D eigenvalue weighted by atomic mass is 16.2. The van der Waals surface area contributed by atoms with E-state index in [0.29, 0.717) is 22.5 Å². The van der Waals surface area contributed by atoms with Gasteiger partial charge in [-0.05, 0) is 84.0 Å². The van der Waals surface area contributed by atoms with Gasteiger partial charge in [-0.25, -0.2) is 0 Å². The lowest BCUT2D eigenvalue weighted by Gasteiger charge is -2.13. The number of allylic oxidation sites excluding steroid dienone is 8. The Balaban J connectivity index is 0. The normalized spacial score (nSPS) is 11.0. The number of rotatable bonds is 12. The van der Waals surface area contributed by atoms with Crippen LogP contribution in [0.25, 0.3) is 0 Å². The zero-order valence-electron chi connectivity index (χ0n) is 31.2. The summed E-state index contributed by atoms with van der Waals surface area (Å²) in [6.45, 7) is 14.9. The van der Waals surface area contributed by atoms with E-state index in [4.69, 9.17) is 0 Å². The maximum atomic E-state index is 12.6. The second kappa shape index (κ2) is 30.6. The van der Waals surface area contributed by atoms with Gasteiger partial charge in [0, 0.05) is 48.6 Å². The quantitative estimate of drug-likeness (QED) is 0.118. The van der Waals surface area contributed by atoms with Crippen molar-refractivity contribution in [2.24, 2.45) is 0 Å². The van der Waals surface area contributed by atoms with Crippen molar-refractivity contribution in [2.75, 3.05) is 17.7 Å². The molecule has 2 rings (SSSR count). The average molecular weight is 681 g/mol. The molecule has 0 aliphatic carbocycles. The number of carbonyl (C=O) groups excluding carboxylic acids is 4. The lowest BCUT2D eigenvalue weighted by molar-refractivity contribution is -0.125. The van der Waals surface area contributed by atoms with Crippen LogP contribution in [0, 0.1) is 12.3 Å². The first-order valence-electron chi connectivity index (χ1n) is 16.5. The zero-order valence-corrected chi connectivity index (χ0v) is 31.2. The van der Waals surface area contributed by atoms with E-state index in [1.54, 1.807) is 119 Å². The molecule has 0 aliphatic rings. The summed E-state index contributed by atoms with van der Waals surface area (Å²) in [5, 5.41) is 8.20. The first-order valence-corrected chi connectivity index (χ1v) is 16.5. The second-order valence-electron chi connectivity index (χ2n) is 10.3. The molecule has 0 spiro atoms. The van der Waals surface area contributed by atoms with Gasteiger partial charge in [0.2, 0.25) is 11.8 Å². The molecule has 0 aliphatic heterocycles. The molecule has 0 radical (unpaired) electrons. The fourth-order valence-corrected chi connectivity index (χ4v) is 3.40. The standard InChI is InChI=1S/C24H25N3O3.C8H14.C7H13NO.C3H4/c1-3-9-18(14-15-22(28)25-16-4-2)23(29)26-20-12-8-13-21(17-20)27-24(30)19-10-6-5-7-11-19;1-3-5-7-8-6-4-2;1-5-6(2)8(4)7(3)9;1-3-2/h3-14,16-17H,15H2,1-2H3,(H,25,28)(H,26,29)(H,27,30);5-8H,3-4H2,1-2H3;5H,1-4H3;1H,2H3/b9-3-,16-4+,18-14+;7-5-,8-6-;6-5+;. The van der Waals surface area contributed by atoms with Gasteiger partial charge < -0.3 is 20.9 Å². The van der Waals surface area contributed by atoms with Gasteiger partial charge in [0.05, 0.1) is 0 Å². The summed E-state index contributed by atoms with van der Waals surface area (Å²) in [5.74, 6) is 1.53. The lowest BCUT2D eigenvalue weighted by atomic mass is 10.1. The third-order valence-corrected chi connectivity index (χ3v) is 6.21. The fraction of sp³-hybridized carbons (Fsp3) is 0.286. The van der Waals surface area contributed by atoms with Gasteiger partial charge in [-0.1, -0.05) is 92.8 Å². The van der Waals surface area contributed by atoms with Gasteiger partial charge in [-0.2, -0.15) is 0 Å². The van der Waals surface area contributed by atoms with Crippen molar-refractivity contribution < 1.29 is 19.2 Å². The Morgan fingerprint density at radius 3 is 1.86 bits per heavy atom. The Morgan fingerprint density at radius 1 is 0.840 bits per heavy atom. The molecular weight excluding hydrogens is 624 g/mol. The number of nitrogens with zero attached hydrogens (tertiary/aromatic N) is 1. The highest BCUT2D eigenvalue weighted by molar-refractivity contribution is 6.07. The highest BCUT2D eigenvalue weighted by Gasteiger charge is 2.10. The monoisotopic (exact) mass is 680 g/mol. The van der Waals surface area contributed by atoms with Crippen molar-refractivity contribution in [1.29, 1.82) is 0 Å². The molecule has 4 amide bonds. The van der Waals surface area contributed by atoms with Crippen LogP contribution >= 0.6 is 0 Å². The molecule has 0 fully saturated rings. The number of anilines is 2. The van der Waals surface area contributed by atoms with E-state index in [1.165, 1.54) is 0 Å². The molecule has 268 valence electrons. The van der Waals surface area contributed by atoms with Crippen LogP contribution in [-0.4, -0.2) is 35.6 Å². The average Bonchev–Trinajstić information content (AvgIpc) is 3.11. The predicted octanol–water partition coefficient (Wildman–Crippen LogP) is 9.37. The van der Waals surface area contributed by atoms with E-state index < -0.39 is 0 Å². The summed E-state index contributed by atoms with van der Waals surface area (Å²) in [7, 11) is 1.76. The minimum atomic E-state index is -0.349. The molecule has 0 saturated heterocycles. The Kier molecular flexibility index (Phi) is 28.5. The van der Waals surface area contributed by atoms with Crippen LogP contribution in [0.3, 0.4) is 0 Å². The van der Waals surface area contributed by atoms with Crippen LogP contribution in [0.2, 0.25) is 0 Å². The molecule has 0 bridgehead atoms. The molecule has 3 N–H and O–H groups in total. The van der Waals surface area contributed by atoms with Gasteiger partial charge in [0.25, 0.3) is 11.8 Å². The summed E-state index contributed by atoms with van der Waals surface area (Å²) in [5.41, 5.74) is 2.99. The SMILES string of the molecule is C#CC.C/C=C(\C)N(C)C(C)=O.C/C=C\C(=C/CC(=O)N/C=C/C)C(=O)Nc1cccc(NC(=O)c2ccccc2)c1.CC/C=C\C=C/CC. The fourth-order valence-electron chi connectivity index (χ4n) is 3.40. The van der Waals surface area contributed by atoms with Crippen LogP contribution in [-0.2, 0) is 14.4 Å². The molecule has 0 atom stereocenters. The molecule has 8 nitrogen and oxygen atoms in total. The number of amides is 4. The van der Waals surface area contributed by atoms with Crippen molar-refractivity contribution in [2.45, 2.75) is 74.7 Å². The minimum Gasteiger partial charge on any atom is -0.333 e. The maximum absolute atomic E-state index is 12.6. The third-order valence-electron chi connectivity index (χ3n) is 6.21. The van der Waals surface area contributed by atoms with Crippen LogP contribution in [0.1, 0.15) is 85.0 Å². The minimum absolute atomic E-state index is 0.0740. The second-order valence-corrected chi connectivity index (χ2v) is 10.3. The molecule has 50 heavy (non-hydrogen) atoms. The van der Waals surface area contributed by atoms with E-state index in [0.717, 1.165) is 18.5 Å². The Bertz CT molecular complexity index is 1510. The highest BCUT2D eigenvalue weighted by Crippen LogP contribution is 2.17. The summed E-state index contributed by atoms with van der Waals surface area (Å²) in [6, 6.07) is 15.7. The van der Waals surface area contributed by atoms with Crippen LogP contribution < -0.4 is 16.0 Å². The molecule has 0 saturated carbocycles. The van der Waals surface area contributed by atoms with Crippen molar-refractivity contribution in [3.05, 3.63) is 132 Å². The van der Waals surface area contributed by atoms with Crippen molar-refractivity contribution in [3.8, 4) is 12.3 Å². The first kappa shape index (κ1) is 46.4. The Labute approximate surface area is 300 Å². The number of nitrogens with one attached hydrogen (secondary N) is 3. The molecule has 2 aromatic rings. The van der Waals surface area contributed by atoms with Crippen molar-refractivity contribution in [3.63, 3.8) is 0 Å². The number of terminal acetylenes is 1. The topological polar surface area (TPSA) is 108 Å². The summed E-state index contributed by atoms with van der Waals surface area (Å²) >= 11 is 0. The van der Waals surface area contributed by atoms with Gasteiger partial charge in [-0.3, -0.25) is 19.2 Å². The Hall–Kier alpha value is -5.68. The zero-order chi connectivity index (χ0) is 38.2. The van der Waals surface area contributed by atoms with Crippen LogP contribution in [0.5, 0.6) is 0 Å². The molecule has 0 unspecified atom stereocenters. The van der Waals surface area contributed by atoms with E-state index in [9.17, 15) is 19.2 Å². The van der Waals surface area contributed by atoms with E-state index in [1.807, 2.05) is 26.0 Å². The van der Waals surface area contributed by atoms with Gasteiger partial charge >= 0.3 is 0 Å². The molecule has 0 heterocycles. The maximum Gasteiger partial charge on any atom is 0.255 e. The number of carbonyl (C=O) groups is 4. The van der Waals surface area contributed by atoms with E-state index in [2.05, 4.69) is 66.4 Å². The van der Waals surface area contributed by atoms with E-state index in [-0.39, 0.29) is 30.0 Å². The van der Waals surface area contributed by atoms with Gasteiger partial charge in [0.15, 0.2) is 0 Å². The summed E-state index contributed by atoms with van der Waals surface area (Å²) < 4.78 is 0. The number of hydrogen-bond acceptors (Lipinski definition) is 4. The molecule has 0 aromatic heterocycles. The van der Waals surface area contributed by atoms with Gasteiger partial charge in [0.1, 0.15) is 0 Å². The number of hydrogen-bond donors (Lipinski definition) is 3. The third kappa shape index (κ3) is 23.6. The molecule has 2 aromatic carbocycles. The summed E-state index contributed by atoms with van der Waals surface area (Å²) in [4.78, 5) is 48.9. The summed E-state index contributed by atoms with van der Waals surface area (Å²) in [6.07, 6.45) is 25.5. The van der Waals surface area contributed by atoms with Crippen molar-refractivity contribution in [1.82, 2.24) is 10.2 Å². The van der Waals surface area contributed by atoms with Crippen LogP contribution in [0.15, 0.2) is 127 Å². The smallest absolute Gasteiger partial charge is 0.255 e. The Morgan fingerprint density at radius 2 is 1.40 bits per heavy atom. The van der Waals surface area contributed by atoms with Gasteiger partial charge in [-0.15, -0.1) is 12.3 Å². The van der Waals surface area contributed by atoms with E-state index >= 15 is 0 Å². The number of benzene rings is 2. The first-order chi connectivity index (χ1) is 23.9. The lowest BCUT2D eigenvalue weighted by Crippen LogP contribution is -2.21. The molecular formula is C42H56N4O4. The largest absolute Gasteiger partial charge is 0.333 e. The predicted molar refractivity (Wildman–Crippen MR) is 211 cm³/mol. The molecule has 8 heteroatoms. The van der Waals surface area contributed by atoms with Crippen LogP contribution in [0.4, 0.5) is 11.4 Å².